The van der Waals surface area contributed by atoms with E-state index in [0.717, 1.165) is 17.8 Å². The van der Waals surface area contributed by atoms with E-state index in [1.165, 1.54) is 11.3 Å². The first kappa shape index (κ1) is 15.3. The molecule has 1 fully saturated rings. The van der Waals surface area contributed by atoms with Crippen molar-refractivity contribution in [3.63, 3.8) is 0 Å². The molecule has 118 valence electrons. The van der Waals surface area contributed by atoms with E-state index in [-0.39, 0.29) is 12.1 Å². The number of piperidine rings is 1. The molecule has 1 N–H and O–H groups in total. The van der Waals surface area contributed by atoms with Crippen LogP contribution in [0.4, 0.5) is 9.80 Å². The van der Waals surface area contributed by atoms with E-state index in [4.69, 9.17) is 10.00 Å². The third-order valence-corrected chi connectivity index (χ3v) is 4.35. The van der Waals surface area contributed by atoms with E-state index in [1.807, 2.05) is 17.5 Å². The Kier molecular flexibility index (Phi) is 4.74. The van der Waals surface area contributed by atoms with Crippen LogP contribution < -0.4 is 10.1 Å². The predicted octanol–water partition coefficient (Wildman–Crippen LogP) is 3.09. The van der Waals surface area contributed by atoms with Crippen LogP contribution in [0.25, 0.3) is 0 Å². The molecule has 3 heterocycles. The van der Waals surface area contributed by atoms with Gasteiger partial charge in [-0.15, -0.1) is 11.3 Å². The third kappa shape index (κ3) is 3.99. The number of likely N-dealkylation sites (tertiary alicyclic amines) is 1. The number of aromatic nitrogens is 1. The summed E-state index contributed by atoms with van der Waals surface area (Å²) in [5.41, 5.74) is 0.512. The summed E-state index contributed by atoms with van der Waals surface area (Å²) in [6.45, 7) is 1.22. The normalized spacial score (nSPS) is 17.3. The molecule has 2 aromatic rings. The predicted molar refractivity (Wildman–Crippen MR) is 87.5 cm³/mol. The van der Waals surface area contributed by atoms with E-state index >= 15 is 0 Å². The van der Waals surface area contributed by atoms with Crippen molar-refractivity contribution in [2.45, 2.75) is 18.9 Å². The van der Waals surface area contributed by atoms with Gasteiger partial charge in [0.25, 0.3) is 0 Å². The topological polar surface area (TPSA) is 78.2 Å². The van der Waals surface area contributed by atoms with Crippen LogP contribution in [-0.2, 0) is 0 Å². The van der Waals surface area contributed by atoms with Crippen LogP contribution >= 0.6 is 11.3 Å². The summed E-state index contributed by atoms with van der Waals surface area (Å²) in [6.07, 6.45) is 3.18. The lowest BCUT2D eigenvalue weighted by Crippen LogP contribution is -2.46. The van der Waals surface area contributed by atoms with Crippen LogP contribution in [0.2, 0.25) is 0 Å². The van der Waals surface area contributed by atoms with E-state index in [9.17, 15) is 4.79 Å². The molecule has 0 saturated carbocycles. The van der Waals surface area contributed by atoms with Crippen molar-refractivity contribution in [3.8, 4) is 11.9 Å². The number of amides is 2. The van der Waals surface area contributed by atoms with Gasteiger partial charge in [-0.1, -0.05) is 0 Å². The number of nitriles is 1. The Hall–Kier alpha value is -2.59. The lowest BCUT2D eigenvalue weighted by atomic mass is 10.1. The number of ether oxygens (including phenoxy) is 1. The first-order chi connectivity index (χ1) is 11.2. The first-order valence-corrected chi connectivity index (χ1v) is 8.25. The maximum absolute atomic E-state index is 12.3. The lowest BCUT2D eigenvalue weighted by molar-refractivity contribution is 0.102. The molecule has 2 aromatic heterocycles. The van der Waals surface area contributed by atoms with Gasteiger partial charge in [0, 0.05) is 18.8 Å². The zero-order chi connectivity index (χ0) is 16.1. The number of thiophene rings is 1. The highest BCUT2D eigenvalue weighted by Crippen LogP contribution is 2.20. The maximum Gasteiger partial charge on any atom is 0.322 e. The van der Waals surface area contributed by atoms with Gasteiger partial charge in [0.2, 0.25) is 5.88 Å². The van der Waals surface area contributed by atoms with Crippen LogP contribution in [0.3, 0.4) is 0 Å². The Bertz CT molecular complexity index is 711. The van der Waals surface area contributed by atoms with Crippen LogP contribution in [0.15, 0.2) is 35.8 Å². The van der Waals surface area contributed by atoms with Gasteiger partial charge in [0.1, 0.15) is 6.10 Å². The zero-order valence-corrected chi connectivity index (χ0v) is 13.3. The second-order valence-corrected chi connectivity index (χ2v) is 6.18. The van der Waals surface area contributed by atoms with Gasteiger partial charge in [0.15, 0.2) is 0 Å². The highest BCUT2D eigenvalue weighted by atomic mass is 32.1. The highest BCUT2D eigenvalue weighted by Gasteiger charge is 2.25. The Balaban J connectivity index is 1.59. The Morgan fingerprint density at radius 3 is 3.22 bits per heavy atom. The van der Waals surface area contributed by atoms with E-state index < -0.39 is 0 Å². The molecule has 1 atom stereocenters. The molecule has 2 amide bonds. The number of nitrogens with zero attached hydrogens (tertiary/aromatic N) is 3. The fourth-order valence-corrected chi connectivity index (χ4v) is 3.07. The van der Waals surface area contributed by atoms with Crippen molar-refractivity contribution in [2.24, 2.45) is 0 Å². The number of carbonyl (C=O) groups is 1. The molecular weight excluding hydrogens is 312 g/mol. The Labute approximate surface area is 138 Å². The van der Waals surface area contributed by atoms with Gasteiger partial charge in [-0.05, 0) is 36.4 Å². The molecule has 7 heteroatoms. The van der Waals surface area contributed by atoms with Crippen molar-refractivity contribution in [3.05, 3.63) is 41.4 Å². The molecule has 23 heavy (non-hydrogen) atoms. The third-order valence-electron chi connectivity index (χ3n) is 3.57. The number of hydrogen-bond donors (Lipinski definition) is 1. The monoisotopic (exact) mass is 328 g/mol. The van der Waals surface area contributed by atoms with Crippen LogP contribution in [0, 0.1) is 11.3 Å². The second kappa shape index (κ2) is 7.11. The van der Waals surface area contributed by atoms with Gasteiger partial charge in [-0.2, -0.15) is 5.26 Å². The average molecular weight is 328 g/mol. The van der Waals surface area contributed by atoms with Crippen molar-refractivity contribution in [1.29, 1.82) is 5.26 Å². The van der Waals surface area contributed by atoms with Gasteiger partial charge in [-0.3, -0.25) is 5.32 Å². The van der Waals surface area contributed by atoms with Crippen molar-refractivity contribution in [1.82, 2.24) is 9.88 Å². The van der Waals surface area contributed by atoms with Gasteiger partial charge in [-0.25, -0.2) is 9.78 Å². The van der Waals surface area contributed by atoms with Crippen molar-refractivity contribution < 1.29 is 9.53 Å². The van der Waals surface area contributed by atoms with E-state index in [1.54, 1.807) is 23.2 Å². The number of pyridine rings is 1. The largest absolute Gasteiger partial charge is 0.472 e. The first-order valence-electron chi connectivity index (χ1n) is 7.37. The lowest BCUT2D eigenvalue weighted by Gasteiger charge is -2.32. The fourth-order valence-electron chi connectivity index (χ4n) is 2.47. The molecule has 1 aliphatic heterocycles. The average Bonchev–Trinajstić information content (AvgIpc) is 3.08. The fraction of sp³-hybridized carbons (Fsp3) is 0.312. The summed E-state index contributed by atoms with van der Waals surface area (Å²) in [6, 6.07) is 8.97. The quantitative estimate of drug-likeness (QED) is 0.939. The minimum atomic E-state index is -0.112. The number of anilines is 1. The molecule has 1 saturated heterocycles. The maximum atomic E-state index is 12.3. The molecule has 1 unspecified atom stereocenters. The molecule has 0 radical (unpaired) electrons. The van der Waals surface area contributed by atoms with Gasteiger partial charge < -0.3 is 9.64 Å². The molecule has 1 aliphatic rings. The minimum absolute atomic E-state index is 0.112. The van der Waals surface area contributed by atoms with E-state index in [2.05, 4.69) is 16.4 Å². The van der Waals surface area contributed by atoms with E-state index in [0.29, 0.717) is 24.5 Å². The molecule has 0 aliphatic carbocycles. The summed E-state index contributed by atoms with van der Waals surface area (Å²) in [4.78, 5) is 18.1. The molecule has 0 aromatic carbocycles. The molecule has 6 nitrogen and oxygen atoms in total. The minimum Gasteiger partial charge on any atom is -0.472 e. The van der Waals surface area contributed by atoms with Crippen LogP contribution in [-0.4, -0.2) is 35.1 Å². The second-order valence-electron chi connectivity index (χ2n) is 5.23. The number of urea groups is 1. The van der Waals surface area contributed by atoms with Crippen LogP contribution in [0.5, 0.6) is 5.88 Å². The molecule has 0 bridgehead atoms. The number of carbonyl (C=O) groups excluding carboxylic acids is 1. The molecule has 0 spiro atoms. The van der Waals surface area contributed by atoms with Crippen LogP contribution in [0.1, 0.15) is 18.4 Å². The highest BCUT2D eigenvalue weighted by molar-refractivity contribution is 7.14. The number of rotatable bonds is 3. The molecule has 3 rings (SSSR count). The smallest absolute Gasteiger partial charge is 0.322 e. The SMILES string of the molecule is N#Cc1ccnc(OC2CCCN(C(=O)Nc3cccs3)C2)c1. The number of nitrogens with one attached hydrogen (secondary N) is 1. The van der Waals surface area contributed by atoms with Gasteiger partial charge >= 0.3 is 6.03 Å². The summed E-state index contributed by atoms with van der Waals surface area (Å²) in [7, 11) is 0. The van der Waals surface area contributed by atoms with Crippen molar-refractivity contribution in [2.75, 3.05) is 18.4 Å². The summed E-state index contributed by atoms with van der Waals surface area (Å²) in [5.74, 6) is 0.426. The Morgan fingerprint density at radius 1 is 1.52 bits per heavy atom. The Morgan fingerprint density at radius 2 is 2.43 bits per heavy atom. The number of hydrogen-bond acceptors (Lipinski definition) is 5. The summed E-state index contributed by atoms with van der Waals surface area (Å²) >= 11 is 1.49. The zero-order valence-electron chi connectivity index (χ0n) is 12.4. The standard InChI is InChI=1S/C16H16N4O2S/c17-10-12-5-6-18-14(9-12)22-13-3-1-7-20(11-13)16(21)19-15-4-2-8-23-15/h2,4-6,8-9,13H,1,3,7,11H2,(H,19,21). The molecular formula is C16H16N4O2S. The summed E-state index contributed by atoms with van der Waals surface area (Å²) in [5, 5.41) is 14.6. The van der Waals surface area contributed by atoms with Gasteiger partial charge in [0.05, 0.1) is 23.2 Å². The van der Waals surface area contributed by atoms with Crippen molar-refractivity contribution >= 4 is 22.4 Å². The summed E-state index contributed by atoms with van der Waals surface area (Å²) < 4.78 is 5.83.